The van der Waals surface area contributed by atoms with Crippen molar-refractivity contribution in [3.8, 4) is 0 Å². The van der Waals surface area contributed by atoms with Crippen LogP contribution in [0.3, 0.4) is 0 Å². The maximum atomic E-state index is 12.0. The van der Waals surface area contributed by atoms with Crippen LogP contribution in [0.25, 0.3) is 0 Å². The van der Waals surface area contributed by atoms with Crippen LogP contribution >= 0.6 is 0 Å². The zero-order valence-electron chi connectivity index (χ0n) is 16.3. The van der Waals surface area contributed by atoms with Gasteiger partial charge in [-0.05, 0) is 5.56 Å². The molecule has 8 heteroatoms. The van der Waals surface area contributed by atoms with E-state index in [9.17, 15) is 9.59 Å². The highest BCUT2D eigenvalue weighted by Gasteiger charge is 2.22. The molecule has 2 fully saturated rings. The molecule has 3 rings (SSSR count). The Morgan fingerprint density at radius 3 is 2.18 bits per heavy atom. The SMILES string of the molecule is O=C(NCCN1CCOCC1)C(=O)NCCN1CCOC(c2ccccc2)C1. The van der Waals surface area contributed by atoms with Gasteiger partial charge in [-0.25, -0.2) is 0 Å². The van der Waals surface area contributed by atoms with E-state index in [1.165, 1.54) is 0 Å². The minimum Gasteiger partial charge on any atom is -0.379 e. The number of nitrogens with zero attached hydrogens (tertiary/aromatic N) is 2. The predicted molar refractivity (Wildman–Crippen MR) is 105 cm³/mol. The summed E-state index contributed by atoms with van der Waals surface area (Å²) in [6.07, 6.45) is 0.0501. The topological polar surface area (TPSA) is 83.1 Å². The Balaban J connectivity index is 1.30. The molecule has 2 aliphatic rings. The highest BCUT2D eigenvalue weighted by atomic mass is 16.5. The number of benzene rings is 1. The first-order chi connectivity index (χ1) is 13.7. The summed E-state index contributed by atoms with van der Waals surface area (Å²) in [6.45, 7) is 7.79. The van der Waals surface area contributed by atoms with Gasteiger partial charge in [-0.15, -0.1) is 0 Å². The van der Waals surface area contributed by atoms with Gasteiger partial charge >= 0.3 is 11.8 Å². The minimum absolute atomic E-state index is 0.0501. The smallest absolute Gasteiger partial charge is 0.309 e. The van der Waals surface area contributed by atoms with Gasteiger partial charge in [-0.2, -0.15) is 0 Å². The van der Waals surface area contributed by atoms with Crippen LogP contribution in [0.1, 0.15) is 11.7 Å². The van der Waals surface area contributed by atoms with Crippen LogP contribution in [0.5, 0.6) is 0 Å². The summed E-state index contributed by atoms with van der Waals surface area (Å²) in [6, 6.07) is 10.1. The minimum atomic E-state index is -0.574. The van der Waals surface area contributed by atoms with E-state index in [1.54, 1.807) is 0 Å². The third kappa shape index (κ3) is 6.56. The lowest BCUT2D eigenvalue weighted by Crippen LogP contribution is -2.47. The van der Waals surface area contributed by atoms with Crippen molar-refractivity contribution < 1.29 is 19.1 Å². The van der Waals surface area contributed by atoms with Crippen molar-refractivity contribution in [2.75, 3.05) is 72.2 Å². The lowest BCUT2D eigenvalue weighted by atomic mass is 10.1. The Kier molecular flexibility index (Phi) is 8.23. The molecule has 1 aromatic carbocycles. The molecule has 2 amide bonds. The highest BCUT2D eigenvalue weighted by molar-refractivity contribution is 6.35. The zero-order valence-corrected chi connectivity index (χ0v) is 16.3. The molecule has 0 radical (unpaired) electrons. The molecule has 28 heavy (non-hydrogen) atoms. The molecule has 2 heterocycles. The number of nitrogens with one attached hydrogen (secondary N) is 2. The van der Waals surface area contributed by atoms with Gasteiger partial charge in [0.05, 0.1) is 25.9 Å². The summed E-state index contributed by atoms with van der Waals surface area (Å²) >= 11 is 0. The molecule has 0 spiro atoms. The fourth-order valence-electron chi connectivity index (χ4n) is 3.42. The van der Waals surface area contributed by atoms with E-state index in [0.717, 1.165) is 51.5 Å². The predicted octanol–water partition coefficient (Wildman–Crippen LogP) is -0.375. The summed E-state index contributed by atoms with van der Waals surface area (Å²) in [5.74, 6) is -1.15. The first-order valence-electron chi connectivity index (χ1n) is 9.97. The largest absolute Gasteiger partial charge is 0.379 e. The number of hydrogen-bond donors (Lipinski definition) is 2. The van der Waals surface area contributed by atoms with Gasteiger partial charge < -0.3 is 20.1 Å². The standard InChI is InChI=1S/C20H30N4O4/c25-19(21-6-8-23-10-13-27-14-11-23)20(26)22-7-9-24-12-15-28-18(16-24)17-4-2-1-3-5-17/h1-5,18H,6-16H2,(H,21,25)(H,22,26). The van der Waals surface area contributed by atoms with E-state index in [0.29, 0.717) is 26.2 Å². The van der Waals surface area contributed by atoms with Crippen molar-refractivity contribution in [1.29, 1.82) is 0 Å². The maximum Gasteiger partial charge on any atom is 0.309 e. The molecule has 0 bridgehead atoms. The number of morpholine rings is 2. The van der Waals surface area contributed by atoms with Crippen LogP contribution in [0.4, 0.5) is 0 Å². The Bertz CT molecular complexity index is 622. The Morgan fingerprint density at radius 1 is 0.893 bits per heavy atom. The summed E-state index contributed by atoms with van der Waals surface area (Å²) in [7, 11) is 0. The van der Waals surface area contributed by atoms with Crippen LogP contribution in [0, 0.1) is 0 Å². The van der Waals surface area contributed by atoms with E-state index in [4.69, 9.17) is 9.47 Å². The van der Waals surface area contributed by atoms with Gasteiger partial charge in [0.25, 0.3) is 0 Å². The van der Waals surface area contributed by atoms with Gasteiger partial charge in [0, 0.05) is 52.4 Å². The first kappa shape index (κ1) is 20.7. The fourth-order valence-corrected chi connectivity index (χ4v) is 3.42. The van der Waals surface area contributed by atoms with Crippen molar-refractivity contribution in [3.63, 3.8) is 0 Å². The number of carbonyl (C=O) groups is 2. The molecule has 2 N–H and O–H groups in total. The van der Waals surface area contributed by atoms with Gasteiger partial charge in [0.15, 0.2) is 0 Å². The third-order valence-electron chi connectivity index (χ3n) is 5.06. The second-order valence-electron chi connectivity index (χ2n) is 7.04. The highest BCUT2D eigenvalue weighted by Crippen LogP contribution is 2.21. The lowest BCUT2D eigenvalue weighted by Gasteiger charge is -2.33. The molecule has 1 unspecified atom stereocenters. The molecule has 0 saturated carbocycles. The van der Waals surface area contributed by atoms with E-state index >= 15 is 0 Å². The van der Waals surface area contributed by atoms with Crippen molar-refractivity contribution in [2.24, 2.45) is 0 Å². The molecule has 0 aromatic heterocycles. The van der Waals surface area contributed by atoms with Crippen LogP contribution in [-0.4, -0.2) is 93.8 Å². The molecule has 154 valence electrons. The Morgan fingerprint density at radius 2 is 1.50 bits per heavy atom. The average Bonchev–Trinajstić information content (AvgIpc) is 2.75. The van der Waals surface area contributed by atoms with E-state index in [-0.39, 0.29) is 6.10 Å². The number of amides is 2. The molecule has 2 aliphatic heterocycles. The van der Waals surface area contributed by atoms with E-state index in [1.807, 2.05) is 18.2 Å². The molecular weight excluding hydrogens is 360 g/mol. The van der Waals surface area contributed by atoms with Crippen LogP contribution in [0.15, 0.2) is 30.3 Å². The zero-order chi connectivity index (χ0) is 19.6. The quantitative estimate of drug-likeness (QED) is 0.618. The molecular formula is C20H30N4O4. The van der Waals surface area contributed by atoms with Crippen molar-refractivity contribution in [1.82, 2.24) is 20.4 Å². The van der Waals surface area contributed by atoms with Gasteiger partial charge in [0.2, 0.25) is 0 Å². The summed E-state index contributed by atoms with van der Waals surface area (Å²) < 4.78 is 11.1. The van der Waals surface area contributed by atoms with Gasteiger partial charge in [-0.1, -0.05) is 30.3 Å². The summed E-state index contributed by atoms with van der Waals surface area (Å²) in [5.41, 5.74) is 1.16. The second-order valence-corrected chi connectivity index (χ2v) is 7.04. The van der Waals surface area contributed by atoms with Crippen LogP contribution in [-0.2, 0) is 19.1 Å². The number of carbonyl (C=O) groups excluding carboxylic acids is 2. The maximum absolute atomic E-state index is 12.0. The monoisotopic (exact) mass is 390 g/mol. The van der Waals surface area contributed by atoms with Crippen molar-refractivity contribution >= 4 is 11.8 Å². The van der Waals surface area contributed by atoms with E-state index in [2.05, 4.69) is 32.6 Å². The van der Waals surface area contributed by atoms with Crippen molar-refractivity contribution in [3.05, 3.63) is 35.9 Å². The number of ether oxygens (including phenoxy) is 2. The van der Waals surface area contributed by atoms with Gasteiger partial charge in [-0.3, -0.25) is 19.4 Å². The third-order valence-corrected chi connectivity index (χ3v) is 5.06. The number of rotatable bonds is 7. The van der Waals surface area contributed by atoms with Gasteiger partial charge in [0.1, 0.15) is 0 Å². The van der Waals surface area contributed by atoms with E-state index < -0.39 is 11.8 Å². The Labute approximate surface area is 166 Å². The Hall–Kier alpha value is -2.00. The molecule has 1 aromatic rings. The summed E-state index contributed by atoms with van der Waals surface area (Å²) in [4.78, 5) is 28.3. The molecule has 0 aliphatic carbocycles. The summed E-state index contributed by atoms with van der Waals surface area (Å²) in [5, 5.41) is 5.39. The second kappa shape index (κ2) is 11.1. The first-order valence-corrected chi connectivity index (χ1v) is 9.97. The van der Waals surface area contributed by atoms with Crippen LogP contribution in [0.2, 0.25) is 0 Å². The normalized spacial score (nSPS) is 21.2. The molecule has 1 atom stereocenters. The average molecular weight is 390 g/mol. The number of hydrogen-bond acceptors (Lipinski definition) is 6. The van der Waals surface area contributed by atoms with Crippen LogP contribution < -0.4 is 10.6 Å². The fraction of sp³-hybridized carbons (Fsp3) is 0.600. The lowest BCUT2D eigenvalue weighted by molar-refractivity contribution is -0.139. The molecule has 8 nitrogen and oxygen atoms in total. The van der Waals surface area contributed by atoms with Crippen molar-refractivity contribution in [2.45, 2.75) is 6.10 Å². The molecule has 2 saturated heterocycles.